The second-order valence-corrected chi connectivity index (χ2v) is 6.85. The van der Waals surface area contributed by atoms with Crippen molar-refractivity contribution in [2.45, 2.75) is 33.7 Å². The molecule has 0 amide bonds. The first-order valence-electron chi connectivity index (χ1n) is 8.64. The van der Waals surface area contributed by atoms with E-state index in [1.165, 1.54) is 6.42 Å². The van der Waals surface area contributed by atoms with Gasteiger partial charge in [0, 0.05) is 39.0 Å². The largest absolute Gasteiger partial charge is 0.475 e. The number of hydrogen-bond acceptors (Lipinski definition) is 4. The van der Waals surface area contributed by atoms with E-state index in [0.717, 1.165) is 31.2 Å². The van der Waals surface area contributed by atoms with Crippen LogP contribution in [0.3, 0.4) is 0 Å². The van der Waals surface area contributed by atoms with Gasteiger partial charge in [0.25, 0.3) is 0 Å². The molecule has 24 heavy (non-hydrogen) atoms. The molecular weight excluding hydrogens is 304 g/mol. The van der Waals surface area contributed by atoms with Crippen LogP contribution >= 0.6 is 0 Å². The lowest BCUT2D eigenvalue weighted by Crippen LogP contribution is -2.40. The molecule has 1 aliphatic rings. The maximum atomic E-state index is 5.48. The molecule has 1 fully saturated rings. The predicted octanol–water partition coefficient (Wildman–Crippen LogP) is 2.30. The summed E-state index contributed by atoms with van der Waals surface area (Å²) < 4.78 is 10.4. The number of aliphatic imine (C=N–C) groups is 1. The first kappa shape index (κ1) is 18.5. The van der Waals surface area contributed by atoms with Crippen LogP contribution in [-0.4, -0.2) is 55.8 Å². The fourth-order valence-corrected chi connectivity index (χ4v) is 2.70. The molecule has 0 aromatic carbocycles. The lowest BCUT2D eigenvalue weighted by molar-refractivity contribution is 0.143. The Morgan fingerprint density at radius 1 is 1.38 bits per heavy atom. The molecule has 1 N–H and O–H groups in total. The van der Waals surface area contributed by atoms with Crippen molar-refractivity contribution in [3.05, 3.63) is 23.9 Å². The molecule has 6 heteroatoms. The molecule has 0 bridgehead atoms. The van der Waals surface area contributed by atoms with Crippen LogP contribution in [-0.2, 0) is 11.3 Å². The number of aromatic nitrogens is 1. The van der Waals surface area contributed by atoms with Crippen LogP contribution in [0.4, 0.5) is 0 Å². The first-order valence-corrected chi connectivity index (χ1v) is 8.64. The Labute approximate surface area is 145 Å². The van der Waals surface area contributed by atoms with Crippen molar-refractivity contribution in [1.29, 1.82) is 0 Å². The van der Waals surface area contributed by atoms with Crippen LogP contribution in [0.15, 0.2) is 23.3 Å². The van der Waals surface area contributed by atoms with E-state index in [1.54, 1.807) is 7.11 Å². The number of nitrogens with zero attached hydrogens (tertiary/aromatic N) is 3. The molecule has 2 rings (SSSR count). The highest BCUT2D eigenvalue weighted by Gasteiger charge is 2.30. The van der Waals surface area contributed by atoms with E-state index in [-0.39, 0.29) is 0 Å². The van der Waals surface area contributed by atoms with E-state index in [2.05, 4.69) is 36.0 Å². The SMILES string of the molecule is CCNC(=NCc1ccc(OCCOC)nc1)N1CCC(C)(C)C1. The molecule has 0 radical (unpaired) electrons. The van der Waals surface area contributed by atoms with E-state index in [1.807, 2.05) is 18.3 Å². The smallest absolute Gasteiger partial charge is 0.213 e. The summed E-state index contributed by atoms with van der Waals surface area (Å²) in [6, 6.07) is 3.89. The van der Waals surface area contributed by atoms with E-state index in [0.29, 0.717) is 31.1 Å². The van der Waals surface area contributed by atoms with Crippen molar-refractivity contribution in [2.24, 2.45) is 10.4 Å². The van der Waals surface area contributed by atoms with E-state index in [9.17, 15) is 0 Å². The van der Waals surface area contributed by atoms with Gasteiger partial charge in [-0.3, -0.25) is 0 Å². The minimum atomic E-state index is 0.360. The monoisotopic (exact) mass is 334 g/mol. The minimum Gasteiger partial charge on any atom is -0.475 e. The summed E-state index contributed by atoms with van der Waals surface area (Å²) in [5.41, 5.74) is 1.43. The van der Waals surface area contributed by atoms with Gasteiger partial charge in [0.1, 0.15) is 6.61 Å². The summed E-state index contributed by atoms with van der Waals surface area (Å²) in [6.07, 6.45) is 3.02. The normalized spacial score (nSPS) is 17.2. The number of likely N-dealkylation sites (tertiary alicyclic amines) is 1. The van der Waals surface area contributed by atoms with E-state index in [4.69, 9.17) is 14.5 Å². The van der Waals surface area contributed by atoms with Gasteiger partial charge in [0.2, 0.25) is 5.88 Å². The zero-order chi connectivity index (χ0) is 17.4. The number of hydrogen-bond donors (Lipinski definition) is 1. The quantitative estimate of drug-likeness (QED) is 0.471. The van der Waals surface area contributed by atoms with Crippen molar-refractivity contribution in [2.75, 3.05) is 40.0 Å². The van der Waals surface area contributed by atoms with Crippen LogP contribution in [0.25, 0.3) is 0 Å². The Hall–Kier alpha value is -1.82. The fraction of sp³-hybridized carbons (Fsp3) is 0.667. The molecule has 1 aromatic heterocycles. The molecule has 1 saturated heterocycles. The standard InChI is InChI=1S/C18H30N4O2/c1-5-19-17(22-9-8-18(2,3)14-22)21-13-15-6-7-16(20-12-15)24-11-10-23-4/h6-7,12H,5,8-11,13-14H2,1-4H3,(H,19,21). The average Bonchev–Trinajstić information content (AvgIpc) is 2.93. The third-order valence-corrected chi connectivity index (χ3v) is 4.06. The first-order chi connectivity index (χ1) is 11.5. The molecule has 0 aliphatic carbocycles. The van der Waals surface area contributed by atoms with Gasteiger partial charge in [-0.25, -0.2) is 9.98 Å². The van der Waals surface area contributed by atoms with Gasteiger partial charge in [-0.15, -0.1) is 0 Å². The molecule has 2 heterocycles. The van der Waals surface area contributed by atoms with Crippen molar-refractivity contribution in [3.63, 3.8) is 0 Å². The van der Waals surface area contributed by atoms with E-state index < -0.39 is 0 Å². The lowest BCUT2D eigenvalue weighted by atomic mass is 9.93. The predicted molar refractivity (Wildman–Crippen MR) is 96.4 cm³/mol. The Kier molecular flexibility index (Phi) is 6.85. The van der Waals surface area contributed by atoms with Crippen LogP contribution < -0.4 is 10.1 Å². The molecule has 1 aliphatic heterocycles. The topological polar surface area (TPSA) is 59.0 Å². The molecular formula is C18H30N4O2. The van der Waals surface area contributed by atoms with Gasteiger partial charge in [-0.1, -0.05) is 19.9 Å². The molecule has 0 unspecified atom stereocenters. The van der Waals surface area contributed by atoms with E-state index >= 15 is 0 Å². The molecule has 1 aromatic rings. The van der Waals surface area contributed by atoms with Gasteiger partial charge in [0.15, 0.2) is 5.96 Å². The Morgan fingerprint density at radius 2 is 2.21 bits per heavy atom. The maximum absolute atomic E-state index is 5.48. The third kappa shape index (κ3) is 5.67. The zero-order valence-electron chi connectivity index (χ0n) is 15.3. The summed E-state index contributed by atoms with van der Waals surface area (Å²) in [6.45, 7) is 11.4. The highest BCUT2D eigenvalue weighted by atomic mass is 16.5. The van der Waals surface area contributed by atoms with Crippen molar-refractivity contribution in [3.8, 4) is 5.88 Å². The fourth-order valence-electron chi connectivity index (χ4n) is 2.70. The number of rotatable bonds is 7. The van der Waals surface area contributed by atoms with Crippen LogP contribution in [0.2, 0.25) is 0 Å². The van der Waals surface area contributed by atoms with Crippen LogP contribution in [0.1, 0.15) is 32.8 Å². The number of guanidine groups is 1. The summed E-state index contributed by atoms with van der Waals surface area (Å²) >= 11 is 0. The van der Waals surface area contributed by atoms with Gasteiger partial charge >= 0.3 is 0 Å². The molecule has 0 saturated carbocycles. The third-order valence-electron chi connectivity index (χ3n) is 4.06. The number of methoxy groups -OCH3 is 1. The minimum absolute atomic E-state index is 0.360. The second-order valence-electron chi connectivity index (χ2n) is 6.85. The Bertz CT molecular complexity index is 528. The highest BCUT2D eigenvalue weighted by molar-refractivity contribution is 5.80. The summed E-state index contributed by atoms with van der Waals surface area (Å²) in [5, 5.41) is 3.40. The maximum Gasteiger partial charge on any atom is 0.213 e. The average molecular weight is 334 g/mol. The number of pyridine rings is 1. The van der Waals surface area contributed by atoms with Gasteiger partial charge < -0.3 is 19.7 Å². The van der Waals surface area contributed by atoms with Crippen LogP contribution in [0, 0.1) is 5.41 Å². The van der Waals surface area contributed by atoms with Crippen molar-refractivity contribution in [1.82, 2.24) is 15.2 Å². The Morgan fingerprint density at radius 3 is 2.79 bits per heavy atom. The summed E-state index contributed by atoms with van der Waals surface area (Å²) in [4.78, 5) is 11.4. The van der Waals surface area contributed by atoms with Gasteiger partial charge in [0.05, 0.1) is 13.2 Å². The molecule has 6 nitrogen and oxygen atoms in total. The zero-order valence-corrected chi connectivity index (χ0v) is 15.3. The molecule has 0 spiro atoms. The highest BCUT2D eigenvalue weighted by Crippen LogP contribution is 2.28. The summed E-state index contributed by atoms with van der Waals surface area (Å²) in [7, 11) is 1.65. The number of ether oxygens (including phenoxy) is 2. The molecule has 0 atom stereocenters. The number of nitrogens with one attached hydrogen (secondary N) is 1. The van der Waals surface area contributed by atoms with Crippen molar-refractivity contribution < 1.29 is 9.47 Å². The molecule has 134 valence electrons. The second kappa shape index (κ2) is 8.87. The van der Waals surface area contributed by atoms with Crippen molar-refractivity contribution >= 4 is 5.96 Å². The lowest BCUT2D eigenvalue weighted by Gasteiger charge is -2.23. The summed E-state index contributed by atoms with van der Waals surface area (Å²) in [5.74, 6) is 1.61. The Balaban J connectivity index is 1.93. The van der Waals surface area contributed by atoms with Gasteiger partial charge in [-0.2, -0.15) is 0 Å². The van der Waals surface area contributed by atoms with Crippen LogP contribution in [0.5, 0.6) is 5.88 Å². The van der Waals surface area contributed by atoms with Gasteiger partial charge in [-0.05, 0) is 24.3 Å².